The van der Waals surface area contributed by atoms with Crippen molar-refractivity contribution in [3.8, 4) is 0 Å². The average molecular weight is 264 g/mol. The van der Waals surface area contributed by atoms with Gasteiger partial charge in [0.25, 0.3) is 0 Å². The minimum Gasteiger partial charge on any atom is -0.365 e. The quantitative estimate of drug-likeness (QED) is 0.894. The maximum Gasteiger partial charge on any atom is 0.123 e. The highest BCUT2D eigenvalue weighted by Crippen LogP contribution is 2.28. The molecule has 1 N–H and O–H groups in total. The first-order valence-corrected chi connectivity index (χ1v) is 7.41. The van der Waals surface area contributed by atoms with Gasteiger partial charge in [-0.25, -0.2) is 4.39 Å². The van der Waals surface area contributed by atoms with Crippen LogP contribution in [0.25, 0.3) is 0 Å². The largest absolute Gasteiger partial charge is 0.365 e. The smallest absolute Gasteiger partial charge is 0.123 e. The number of hydrogen-bond donors (Lipinski definition) is 1. The maximum absolute atomic E-state index is 13.1. The molecule has 1 saturated heterocycles. The molecule has 1 aliphatic rings. The Morgan fingerprint density at radius 2 is 1.84 bits per heavy atom. The predicted molar refractivity (Wildman–Crippen MR) is 79.1 cm³/mol. The van der Waals surface area contributed by atoms with Crippen LogP contribution in [0.15, 0.2) is 24.3 Å². The zero-order valence-electron chi connectivity index (χ0n) is 12.2. The Labute approximate surface area is 116 Å². The topological polar surface area (TPSA) is 15.3 Å². The summed E-state index contributed by atoms with van der Waals surface area (Å²) in [6, 6.07) is 7.42. The fourth-order valence-corrected chi connectivity index (χ4v) is 2.98. The van der Waals surface area contributed by atoms with E-state index in [9.17, 15) is 4.39 Å². The third-order valence-corrected chi connectivity index (χ3v) is 4.61. The van der Waals surface area contributed by atoms with E-state index in [-0.39, 0.29) is 11.4 Å². The highest BCUT2D eigenvalue weighted by atomic mass is 19.1. The zero-order valence-corrected chi connectivity index (χ0v) is 12.2. The molecular formula is C16H25FN2. The summed E-state index contributed by atoms with van der Waals surface area (Å²) >= 11 is 0. The minimum absolute atomic E-state index is 0.163. The van der Waals surface area contributed by atoms with Crippen molar-refractivity contribution >= 4 is 5.69 Å². The van der Waals surface area contributed by atoms with Crippen LogP contribution in [0.2, 0.25) is 0 Å². The summed E-state index contributed by atoms with van der Waals surface area (Å²) in [5, 5.41) is 3.73. The Morgan fingerprint density at radius 3 is 2.37 bits per heavy atom. The van der Waals surface area contributed by atoms with Crippen LogP contribution in [0.1, 0.15) is 40.0 Å². The van der Waals surface area contributed by atoms with Crippen molar-refractivity contribution in [2.24, 2.45) is 0 Å². The molecular weight excluding hydrogens is 239 g/mol. The Bertz CT molecular complexity index is 398. The summed E-state index contributed by atoms with van der Waals surface area (Å²) in [5.41, 5.74) is 1.33. The van der Waals surface area contributed by atoms with Crippen LogP contribution in [0.3, 0.4) is 0 Å². The van der Waals surface area contributed by atoms with Crippen LogP contribution >= 0.6 is 0 Å². The highest BCUT2D eigenvalue weighted by Gasteiger charge is 2.36. The molecule has 0 bridgehead atoms. The molecule has 1 atom stereocenters. The molecule has 2 nitrogen and oxygen atoms in total. The van der Waals surface area contributed by atoms with E-state index >= 15 is 0 Å². The Hall–Kier alpha value is -1.09. The molecule has 106 valence electrons. The van der Waals surface area contributed by atoms with Crippen molar-refractivity contribution in [2.45, 2.75) is 51.6 Å². The third kappa shape index (κ3) is 2.92. The van der Waals surface area contributed by atoms with Gasteiger partial charge in [0.1, 0.15) is 5.82 Å². The first kappa shape index (κ1) is 14.3. The van der Waals surface area contributed by atoms with Gasteiger partial charge in [0.05, 0.1) is 0 Å². The Kier molecular flexibility index (Phi) is 4.46. The Morgan fingerprint density at radius 1 is 1.21 bits per heavy atom. The molecule has 1 aromatic carbocycles. The molecule has 3 heteroatoms. The molecule has 0 saturated carbocycles. The minimum atomic E-state index is -0.163. The molecule has 2 rings (SSSR count). The van der Waals surface area contributed by atoms with Gasteiger partial charge in [0.15, 0.2) is 0 Å². The molecule has 1 unspecified atom stereocenters. The molecule has 0 aliphatic carbocycles. The van der Waals surface area contributed by atoms with Crippen LogP contribution in [-0.4, -0.2) is 24.7 Å². The number of rotatable bonds is 4. The lowest BCUT2D eigenvalue weighted by molar-refractivity contribution is 0.246. The van der Waals surface area contributed by atoms with E-state index in [0.717, 1.165) is 38.0 Å². The Balaban J connectivity index is 2.25. The van der Waals surface area contributed by atoms with Crippen molar-refractivity contribution < 1.29 is 4.39 Å². The van der Waals surface area contributed by atoms with Gasteiger partial charge >= 0.3 is 0 Å². The van der Waals surface area contributed by atoms with Gasteiger partial charge in [0.2, 0.25) is 0 Å². The average Bonchev–Trinajstić information content (AvgIpc) is 2.47. The lowest BCUT2D eigenvalue weighted by atomic mass is 9.87. The van der Waals surface area contributed by atoms with E-state index in [0.29, 0.717) is 6.04 Å². The molecule has 0 amide bonds. The molecule has 0 radical (unpaired) electrons. The van der Waals surface area contributed by atoms with Crippen LogP contribution in [0, 0.1) is 5.82 Å². The number of benzene rings is 1. The molecule has 1 aliphatic heterocycles. The van der Waals surface area contributed by atoms with E-state index in [1.807, 2.05) is 12.1 Å². The van der Waals surface area contributed by atoms with Gasteiger partial charge < -0.3 is 10.2 Å². The van der Waals surface area contributed by atoms with Crippen molar-refractivity contribution in [2.75, 3.05) is 18.0 Å². The molecule has 0 aromatic heterocycles. The number of piperazine rings is 1. The van der Waals surface area contributed by atoms with Gasteiger partial charge in [-0.3, -0.25) is 0 Å². The van der Waals surface area contributed by atoms with Crippen molar-refractivity contribution in [3.63, 3.8) is 0 Å². The summed E-state index contributed by atoms with van der Waals surface area (Å²) in [7, 11) is 0. The standard InChI is InChI=1S/C16H25FN2/c1-4-14-11-18-16(5-2,6-3)12-19(14)15-9-7-13(17)8-10-15/h7-10,14,18H,4-6,11-12H2,1-3H3. The van der Waals surface area contributed by atoms with Crippen molar-refractivity contribution in [3.05, 3.63) is 30.1 Å². The van der Waals surface area contributed by atoms with Crippen LogP contribution < -0.4 is 10.2 Å². The normalized spacial score (nSPS) is 22.5. The fourth-order valence-electron chi connectivity index (χ4n) is 2.98. The van der Waals surface area contributed by atoms with E-state index in [4.69, 9.17) is 0 Å². The summed E-state index contributed by atoms with van der Waals surface area (Å²) in [6.45, 7) is 8.71. The van der Waals surface area contributed by atoms with E-state index in [2.05, 4.69) is 31.0 Å². The van der Waals surface area contributed by atoms with Gasteiger partial charge in [-0.05, 0) is 43.5 Å². The second-order valence-electron chi connectivity index (χ2n) is 5.53. The first-order chi connectivity index (χ1) is 9.14. The van der Waals surface area contributed by atoms with Gasteiger partial charge in [-0.15, -0.1) is 0 Å². The second-order valence-corrected chi connectivity index (χ2v) is 5.53. The molecule has 0 spiro atoms. The van der Waals surface area contributed by atoms with Crippen molar-refractivity contribution in [1.29, 1.82) is 0 Å². The molecule has 19 heavy (non-hydrogen) atoms. The van der Waals surface area contributed by atoms with Gasteiger partial charge in [0, 0.05) is 30.4 Å². The van der Waals surface area contributed by atoms with E-state index in [1.165, 1.54) is 0 Å². The predicted octanol–water partition coefficient (Wildman–Crippen LogP) is 3.57. The van der Waals surface area contributed by atoms with Crippen molar-refractivity contribution in [1.82, 2.24) is 5.32 Å². The number of nitrogens with zero attached hydrogens (tertiary/aromatic N) is 1. The maximum atomic E-state index is 13.1. The summed E-state index contributed by atoms with van der Waals surface area (Å²) < 4.78 is 13.1. The van der Waals surface area contributed by atoms with Gasteiger partial charge in [-0.2, -0.15) is 0 Å². The van der Waals surface area contributed by atoms with Crippen LogP contribution in [-0.2, 0) is 0 Å². The van der Waals surface area contributed by atoms with E-state index in [1.54, 1.807) is 12.1 Å². The number of anilines is 1. The fraction of sp³-hybridized carbons (Fsp3) is 0.625. The lowest BCUT2D eigenvalue weighted by Gasteiger charge is -2.48. The lowest BCUT2D eigenvalue weighted by Crippen LogP contribution is -2.64. The first-order valence-electron chi connectivity index (χ1n) is 7.41. The second kappa shape index (κ2) is 5.91. The summed E-state index contributed by atoms with van der Waals surface area (Å²) in [4.78, 5) is 2.45. The number of nitrogens with one attached hydrogen (secondary N) is 1. The zero-order chi connectivity index (χ0) is 13.9. The summed E-state index contributed by atoms with van der Waals surface area (Å²) in [6.07, 6.45) is 3.35. The molecule has 1 heterocycles. The van der Waals surface area contributed by atoms with E-state index < -0.39 is 0 Å². The highest BCUT2D eigenvalue weighted by molar-refractivity contribution is 5.48. The summed E-state index contributed by atoms with van der Waals surface area (Å²) in [5.74, 6) is -0.163. The molecule has 1 fully saturated rings. The number of halogens is 1. The third-order valence-electron chi connectivity index (χ3n) is 4.61. The van der Waals surface area contributed by atoms with Crippen LogP contribution in [0.5, 0.6) is 0 Å². The number of hydrogen-bond acceptors (Lipinski definition) is 2. The van der Waals surface area contributed by atoms with Gasteiger partial charge in [-0.1, -0.05) is 20.8 Å². The SMILES string of the molecule is CCC1CNC(CC)(CC)CN1c1ccc(F)cc1. The monoisotopic (exact) mass is 264 g/mol. The molecule has 1 aromatic rings. The van der Waals surface area contributed by atoms with Crippen LogP contribution in [0.4, 0.5) is 10.1 Å².